The van der Waals surface area contributed by atoms with E-state index >= 15 is 0 Å². The molecule has 122 valence electrons. The number of amides is 1. The van der Waals surface area contributed by atoms with E-state index in [1.807, 2.05) is 36.6 Å². The van der Waals surface area contributed by atoms with E-state index in [-0.39, 0.29) is 11.8 Å². The van der Waals surface area contributed by atoms with Crippen molar-refractivity contribution in [2.24, 2.45) is 5.92 Å². The molecule has 23 heavy (non-hydrogen) atoms. The second-order valence-corrected chi connectivity index (χ2v) is 6.10. The molecule has 0 aliphatic carbocycles. The number of piperidine rings is 1. The fourth-order valence-electron chi connectivity index (χ4n) is 3.15. The Bertz CT molecular complexity index is 758. The third kappa shape index (κ3) is 2.81. The first-order valence-corrected chi connectivity index (χ1v) is 8.01. The quantitative estimate of drug-likeness (QED) is 0.941. The summed E-state index contributed by atoms with van der Waals surface area (Å²) in [4.78, 5) is 30.3. The van der Waals surface area contributed by atoms with E-state index in [1.165, 1.54) is 0 Å². The molecule has 2 aromatic heterocycles. The molecule has 3 rings (SSSR count). The molecule has 0 aromatic carbocycles. The van der Waals surface area contributed by atoms with E-state index in [2.05, 4.69) is 4.98 Å². The number of hydrogen-bond donors (Lipinski definition) is 1. The zero-order valence-corrected chi connectivity index (χ0v) is 13.5. The minimum Gasteiger partial charge on any atom is -0.481 e. The van der Waals surface area contributed by atoms with Crippen LogP contribution in [0, 0.1) is 12.8 Å². The van der Waals surface area contributed by atoms with Gasteiger partial charge in [-0.15, -0.1) is 0 Å². The lowest BCUT2D eigenvalue weighted by Crippen LogP contribution is -2.41. The third-order valence-corrected chi connectivity index (χ3v) is 4.51. The topological polar surface area (TPSA) is 74.9 Å². The van der Waals surface area contributed by atoms with Crippen LogP contribution >= 0.6 is 0 Å². The Balaban J connectivity index is 1.92. The fraction of sp³-hybridized carbons (Fsp3) is 0.471. The average Bonchev–Trinajstić information content (AvgIpc) is 2.91. The van der Waals surface area contributed by atoms with Crippen LogP contribution in [0.1, 0.15) is 41.5 Å². The largest absolute Gasteiger partial charge is 0.481 e. The first-order valence-electron chi connectivity index (χ1n) is 8.01. The van der Waals surface area contributed by atoms with E-state index in [0.717, 1.165) is 16.9 Å². The molecule has 1 fully saturated rings. The van der Waals surface area contributed by atoms with Crippen LogP contribution in [0.3, 0.4) is 0 Å². The number of likely N-dealkylation sites (tertiary alicyclic amines) is 1. The van der Waals surface area contributed by atoms with Crippen molar-refractivity contribution in [3.05, 3.63) is 35.3 Å². The van der Waals surface area contributed by atoms with Gasteiger partial charge in [0.2, 0.25) is 0 Å². The summed E-state index contributed by atoms with van der Waals surface area (Å²) in [5.41, 5.74) is 3.24. The SMILES string of the molecule is CCc1nc2ccc(C)cn2c1C(=O)N1CCC(C(=O)O)CC1. The van der Waals surface area contributed by atoms with Crippen molar-refractivity contribution in [3.63, 3.8) is 0 Å². The number of carboxylic acid groups (broad SMARTS) is 1. The van der Waals surface area contributed by atoms with Gasteiger partial charge in [0.25, 0.3) is 5.91 Å². The monoisotopic (exact) mass is 315 g/mol. The van der Waals surface area contributed by atoms with Crippen LogP contribution in [0.2, 0.25) is 0 Å². The van der Waals surface area contributed by atoms with Crippen LogP contribution in [0.25, 0.3) is 5.65 Å². The van der Waals surface area contributed by atoms with E-state index < -0.39 is 5.97 Å². The fourth-order valence-corrected chi connectivity index (χ4v) is 3.15. The summed E-state index contributed by atoms with van der Waals surface area (Å²) in [5, 5.41) is 9.08. The summed E-state index contributed by atoms with van der Waals surface area (Å²) in [7, 11) is 0. The maximum atomic E-state index is 13.0. The van der Waals surface area contributed by atoms with Crippen LogP contribution in [0.4, 0.5) is 0 Å². The van der Waals surface area contributed by atoms with Crippen molar-refractivity contribution >= 4 is 17.5 Å². The zero-order valence-electron chi connectivity index (χ0n) is 13.5. The summed E-state index contributed by atoms with van der Waals surface area (Å²) < 4.78 is 1.86. The molecule has 2 aromatic rings. The Morgan fingerprint density at radius 3 is 2.61 bits per heavy atom. The normalized spacial score (nSPS) is 16.0. The standard InChI is InChI=1S/C17H21N3O3/c1-3-13-15(20-10-11(2)4-5-14(20)18-13)16(21)19-8-6-12(7-9-19)17(22)23/h4-5,10,12H,3,6-9H2,1-2H3,(H,22,23). The second kappa shape index (κ2) is 6.02. The number of hydrogen-bond acceptors (Lipinski definition) is 3. The highest BCUT2D eigenvalue weighted by Gasteiger charge is 2.30. The highest BCUT2D eigenvalue weighted by molar-refractivity contribution is 5.95. The van der Waals surface area contributed by atoms with E-state index in [4.69, 9.17) is 5.11 Å². The van der Waals surface area contributed by atoms with Crippen molar-refractivity contribution in [2.45, 2.75) is 33.1 Å². The molecule has 1 N–H and O–H groups in total. The number of carbonyl (C=O) groups excluding carboxylic acids is 1. The van der Waals surface area contributed by atoms with Gasteiger partial charge in [-0.1, -0.05) is 13.0 Å². The Morgan fingerprint density at radius 2 is 2.00 bits per heavy atom. The van der Waals surface area contributed by atoms with Crippen molar-refractivity contribution < 1.29 is 14.7 Å². The molecular weight excluding hydrogens is 294 g/mol. The summed E-state index contributed by atoms with van der Waals surface area (Å²) in [6.45, 7) is 4.94. The van der Waals surface area contributed by atoms with Gasteiger partial charge in [0, 0.05) is 19.3 Å². The van der Waals surface area contributed by atoms with Gasteiger partial charge in [0.15, 0.2) is 0 Å². The van der Waals surface area contributed by atoms with Crippen molar-refractivity contribution in [2.75, 3.05) is 13.1 Å². The summed E-state index contributed by atoms with van der Waals surface area (Å²) in [5.74, 6) is -1.16. The predicted octanol–water partition coefficient (Wildman–Crippen LogP) is 2.14. The van der Waals surface area contributed by atoms with Gasteiger partial charge in [0.1, 0.15) is 11.3 Å². The van der Waals surface area contributed by atoms with E-state index in [9.17, 15) is 9.59 Å². The van der Waals surface area contributed by atoms with Gasteiger partial charge >= 0.3 is 5.97 Å². The molecule has 0 atom stereocenters. The smallest absolute Gasteiger partial charge is 0.306 e. The molecule has 0 radical (unpaired) electrons. The first-order chi connectivity index (χ1) is 11.0. The van der Waals surface area contributed by atoms with Crippen molar-refractivity contribution in [3.8, 4) is 0 Å². The van der Waals surface area contributed by atoms with Crippen LogP contribution in [-0.2, 0) is 11.2 Å². The minimum absolute atomic E-state index is 0.0520. The number of imidazole rings is 1. The summed E-state index contributed by atoms with van der Waals surface area (Å²) >= 11 is 0. The van der Waals surface area contributed by atoms with Crippen LogP contribution in [-0.4, -0.2) is 44.4 Å². The Labute approximate surface area is 134 Å². The van der Waals surface area contributed by atoms with Crippen molar-refractivity contribution in [1.29, 1.82) is 0 Å². The molecule has 6 heteroatoms. The molecule has 0 unspecified atom stereocenters. The molecule has 1 saturated heterocycles. The highest BCUT2D eigenvalue weighted by atomic mass is 16.4. The number of nitrogens with zero attached hydrogens (tertiary/aromatic N) is 3. The second-order valence-electron chi connectivity index (χ2n) is 6.10. The third-order valence-electron chi connectivity index (χ3n) is 4.51. The van der Waals surface area contributed by atoms with Gasteiger partial charge in [-0.25, -0.2) is 4.98 Å². The van der Waals surface area contributed by atoms with Gasteiger partial charge in [-0.05, 0) is 37.8 Å². The Morgan fingerprint density at radius 1 is 1.30 bits per heavy atom. The van der Waals surface area contributed by atoms with E-state index in [1.54, 1.807) is 4.90 Å². The number of rotatable bonds is 3. The predicted molar refractivity (Wildman–Crippen MR) is 85.6 cm³/mol. The molecule has 0 saturated carbocycles. The number of aliphatic carboxylic acids is 1. The maximum Gasteiger partial charge on any atom is 0.306 e. The highest BCUT2D eigenvalue weighted by Crippen LogP contribution is 2.22. The lowest BCUT2D eigenvalue weighted by Gasteiger charge is -2.30. The average molecular weight is 315 g/mol. The molecule has 1 amide bonds. The first kappa shape index (κ1) is 15.5. The lowest BCUT2D eigenvalue weighted by atomic mass is 9.97. The molecule has 1 aliphatic heterocycles. The Kier molecular flexibility index (Phi) is 4.07. The van der Waals surface area contributed by atoms with Crippen LogP contribution < -0.4 is 0 Å². The summed E-state index contributed by atoms with van der Waals surface area (Å²) in [6, 6.07) is 3.90. The molecule has 6 nitrogen and oxygen atoms in total. The number of aryl methyl sites for hydroxylation is 2. The summed E-state index contributed by atoms with van der Waals surface area (Å²) in [6.07, 6.45) is 3.64. The number of aromatic nitrogens is 2. The molecular formula is C17H21N3O3. The van der Waals surface area contributed by atoms with E-state index in [0.29, 0.717) is 38.0 Å². The van der Waals surface area contributed by atoms with Crippen LogP contribution in [0.5, 0.6) is 0 Å². The van der Waals surface area contributed by atoms with Gasteiger partial charge in [-0.2, -0.15) is 0 Å². The molecule has 1 aliphatic rings. The van der Waals surface area contributed by atoms with Crippen LogP contribution in [0.15, 0.2) is 18.3 Å². The molecule has 0 spiro atoms. The van der Waals surface area contributed by atoms with Gasteiger partial charge < -0.3 is 10.0 Å². The zero-order chi connectivity index (χ0) is 16.6. The number of fused-ring (bicyclic) bond motifs is 1. The number of carboxylic acids is 1. The molecule has 3 heterocycles. The lowest BCUT2D eigenvalue weighted by molar-refractivity contribution is -0.143. The van der Waals surface area contributed by atoms with Gasteiger partial charge in [-0.3, -0.25) is 14.0 Å². The molecule has 0 bridgehead atoms. The van der Waals surface area contributed by atoms with Gasteiger partial charge in [0.05, 0.1) is 11.6 Å². The minimum atomic E-state index is -0.767. The number of pyridine rings is 1. The number of carbonyl (C=O) groups is 2. The Hall–Kier alpha value is -2.37. The van der Waals surface area contributed by atoms with Crippen molar-refractivity contribution in [1.82, 2.24) is 14.3 Å². The maximum absolute atomic E-state index is 13.0.